The van der Waals surface area contributed by atoms with Crippen molar-refractivity contribution in [2.24, 2.45) is 0 Å². The van der Waals surface area contributed by atoms with Gasteiger partial charge in [-0.25, -0.2) is 9.97 Å². The van der Waals surface area contributed by atoms with E-state index in [-0.39, 0.29) is 11.9 Å². The lowest BCUT2D eigenvalue weighted by Gasteiger charge is -2.22. The Kier molecular flexibility index (Phi) is 4.72. The highest BCUT2D eigenvalue weighted by Gasteiger charge is 2.22. The number of thiazole rings is 1. The van der Waals surface area contributed by atoms with E-state index in [0.29, 0.717) is 12.2 Å². The van der Waals surface area contributed by atoms with Gasteiger partial charge >= 0.3 is 0 Å². The van der Waals surface area contributed by atoms with Gasteiger partial charge in [-0.3, -0.25) is 9.89 Å². The van der Waals surface area contributed by atoms with Crippen LogP contribution in [0, 0.1) is 13.8 Å². The van der Waals surface area contributed by atoms with Crippen LogP contribution in [0.15, 0.2) is 36.1 Å². The summed E-state index contributed by atoms with van der Waals surface area (Å²) in [5.74, 6) is -0.132. The van der Waals surface area contributed by atoms with Crippen molar-refractivity contribution in [3.8, 4) is 0 Å². The molecule has 1 amide bonds. The lowest BCUT2D eigenvalue weighted by Crippen LogP contribution is -2.29. The number of carbonyl (C=O) groups excluding carboxylic acids is 1. The Labute approximate surface area is 167 Å². The maximum atomic E-state index is 12.8. The van der Waals surface area contributed by atoms with Gasteiger partial charge in [-0.15, -0.1) is 11.3 Å². The van der Waals surface area contributed by atoms with E-state index in [2.05, 4.69) is 50.7 Å². The number of benzene rings is 1. The minimum atomic E-state index is -0.132. The second-order valence-corrected chi connectivity index (χ2v) is 7.96. The third-order valence-electron chi connectivity index (χ3n) is 5.14. The first-order valence-electron chi connectivity index (χ1n) is 9.07. The average Bonchev–Trinajstić information content (AvgIpc) is 3.43. The van der Waals surface area contributed by atoms with E-state index in [9.17, 15) is 4.79 Å². The monoisotopic (exact) mass is 394 g/mol. The van der Waals surface area contributed by atoms with Crippen molar-refractivity contribution in [1.82, 2.24) is 29.6 Å². The number of fused-ring (bicyclic) bond motifs is 1. The molecule has 0 fully saturated rings. The molecule has 0 saturated carbocycles. The van der Waals surface area contributed by atoms with Gasteiger partial charge in [0.2, 0.25) is 0 Å². The lowest BCUT2D eigenvalue weighted by atomic mass is 10.1. The highest BCUT2D eigenvalue weighted by molar-refractivity contribution is 7.09. The van der Waals surface area contributed by atoms with Crippen LogP contribution in [-0.4, -0.2) is 42.6 Å². The highest BCUT2D eigenvalue weighted by atomic mass is 32.1. The summed E-state index contributed by atoms with van der Waals surface area (Å²) in [6.45, 7) is 6.72. The van der Waals surface area contributed by atoms with E-state index < -0.39 is 0 Å². The van der Waals surface area contributed by atoms with E-state index >= 15 is 0 Å². The number of aromatic amines is 1. The topological polar surface area (TPSA) is 79.7 Å². The zero-order valence-electron chi connectivity index (χ0n) is 16.3. The molecular weight excluding hydrogens is 372 g/mol. The number of nitrogens with one attached hydrogen (secondary N) is 1. The van der Waals surface area contributed by atoms with Crippen LogP contribution in [0.4, 0.5) is 0 Å². The standard InChI is InChI=1S/C20H22N6OS/c1-12-7-16-18(8-13(12)2)26(11-22-16)10-15-9-17(24-23-15)20(27)25(4)14(3)19-21-5-6-28-19/h5-9,11,14H,10H2,1-4H3,(H,23,24). The number of nitrogens with zero attached hydrogens (tertiary/aromatic N) is 5. The van der Waals surface area contributed by atoms with Crippen molar-refractivity contribution in [3.63, 3.8) is 0 Å². The minimum Gasteiger partial charge on any atom is -0.331 e. The Bertz CT molecular complexity index is 1130. The molecule has 0 bridgehead atoms. The molecule has 0 aliphatic rings. The smallest absolute Gasteiger partial charge is 0.274 e. The summed E-state index contributed by atoms with van der Waals surface area (Å²) in [5.41, 5.74) is 5.75. The Morgan fingerprint density at radius 3 is 2.79 bits per heavy atom. The average molecular weight is 395 g/mol. The molecule has 7 nitrogen and oxygen atoms in total. The van der Waals surface area contributed by atoms with Crippen LogP contribution in [0.5, 0.6) is 0 Å². The van der Waals surface area contributed by atoms with Crippen LogP contribution in [0.25, 0.3) is 11.0 Å². The molecule has 8 heteroatoms. The molecule has 144 valence electrons. The first-order chi connectivity index (χ1) is 13.4. The number of amides is 1. The summed E-state index contributed by atoms with van der Waals surface area (Å²) in [7, 11) is 1.78. The molecule has 4 rings (SSSR count). The van der Waals surface area contributed by atoms with E-state index in [1.165, 1.54) is 22.5 Å². The Morgan fingerprint density at radius 1 is 1.25 bits per heavy atom. The number of hydrogen-bond acceptors (Lipinski definition) is 5. The van der Waals surface area contributed by atoms with E-state index in [1.807, 2.05) is 18.6 Å². The number of imidazole rings is 1. The predicted molar refractivity (Wildman–Crippen MR) is 110 cm³/mol. The molecule has 0 saturated heterocycles. The molecule has 1 aromatic carbocycles. The number of aromatic nitrogens is 5. The minimum absolute atomic E-state index is 0.101. The molecule has 4 aromatic rings. The third-order valence-corrected chi connectivity index (χ3v) is 6.08. The SMILES string of the molecule is Cc1cc2ncn(Cc3cc(C(=O)N(C)C(C)c4nccs4)n[nH]3)c2cc1C. The van der Waals surface area contributed by atoms with E-state index in [1.54, 1.807) is 24.2 Å². The fraction of sp³-hybridized carbons (Fsp3) is 0.300. The number of hydrogen-bond donors (Lipinski definition) is 1. The van der Waals surface area contributed by atoms with Gasteiger partial charge in [0.25, 0.3) is 5.91 Å². The molecule has 1 N–H and O–H groups in total. The summed E-state index contributed by atoms with van der Waals surface area (Å²) in [5, 5.41) is 10.0. The Hall–Kier alpha value is -3.00. The summed E-state index contributed by atoms with van der Waals surface area (Å²) < 4.78 is 2.06. The van der Waals surface area contributed by atoms with Gasteiger partial charge in [0.05, 0.1) is 35.6 Å². The van der Waals surface area contributed by atoms with Crippen molar-refractivity contribution in [2.75, 3.05) is 7.05 Å². The second kappa shape index (κ2) is 7.20. The lowest BCUT2D eigenvalue weighted by molar-refractivity contribution is 0.0736. The van der Waals surface area contributed by atoms with Crippen LogP contribution in [-0.2, 0) is 6.54 Å². The van der Waals surface area contributed by atoms with Crippen molar-refractivity contribution in [3.05, 3.63) is 63.6 Å². The first kappa shape index (κ1) is 18.4. The predicted octanol–water partition coefficient (Wildman–Crippen LogP) is 3.71. The molecule has 28 heavy (non-hydrogen) atoms. The molecule has 1 atom stereocenters. The first-order valence-corrected chi connectivity index (χ1v) is 9.95. The van der Waals surface area contributed by atoms with Gasteiger partial charge in [0, 0.05) is 18.6 Å². The molecule has 0 aliphatic carbocycles. The quantitative estimate of drug-likeness (QED) is 0.559. The number of H-pyrrole nitrogens is 1. The van der Waals surface area contributed by atoms with Gasteiger partial charge in [0.1, 0.15) is 10.7 Å². The normalized spacial score (nSPS) is 12.4. The molecule has 3 heterocycles. The van der Waals surface area contributed by atoms with Crippen molar-refractivity contribution in [1.29, 1.82) is 0 Å². The van der Waals surface area contributed by atoms with Gasteiger partial charge < -0.3 is 9.47 Å². The Morgan fingerprint density at radius 2 is 2.04 bits per heavy atom. The van der Waals surface area contributed by atoms with Gasteiger partial charge in [-0.1, -0.05) is 0 Å². The van der Waals surface area contributed by atoms with Crippen LogP contribution in [0.3, 0.4) is 0 Å². The van der Waals surface area contributed by atoms with Gasteiger partial charge in [0.15, 0.2) is 0 Å². The van der Waals surface area contributed by atoms with Crippen LogP contribution in [0.1, 0.15) is 45.3 Å². The summed E-state index contributed by atoms with van der Waals surface area (Å²) >= 11 is 1.54. The van der Waals surface area contributed by atoms with Gasteiger partial charge in [-0.05, 0) is 50.1 Å². The van der Waals surface area contributed by atoms with Crippen molar-refractivity contribution < 1.29 is 4.79 Å². The fourth-order valence-corrected chi connectivity index (χ4v) is 3.88. The highest BCUT2D eigenvalue weighted by Crippen LogP contribution is 2.23. The van der Waals surface area contributed by atoms with Gasteiger partial charge in [-0.2, -0.15) is 5.10 Å². The maximum Gasteiger partial charge on any atom is 0.274 e. The molecular formula is C20H22N6OS. The number of carbonyl (C=O) groups is 1. The zero-order chi connectivity index (χ0) is 19.8. The number of aryl methyl sites for hydroxylation is 2. The third kappa shape index (κ3) is 3.31. The van der Waals surface area contributed by atoms with Crippen LogP contribution < -0.4 is 0 Å². The molecule has 1 unspecified atom stereocenters. The van der Waals surface area contributed by atoms with Crippen molar-refractivity contribution >= 4 is 28.3 Å². The zero-order valence-corrected chi connectivity index (χ0v) is 17.1. The molecule has 0 aliphatic heterocycles. The second-order valence-electron chi connectivity index (χ2n) is 7.04. The summed E-state index contributed by atoms with van der Waals surface area (Å²) in [6.07, 6.45) is 3.57. The molecule has 0 radical (unpaired) electrons. The maximum absolute atomic E-state index is 12.8. The molecule has 3 aromatic heterocycles. The van der Waals surface area contributed by atoms with E-state index in [0.717, 1.165) is 21.7 Å². The van der Waals surface area contributed by atoms with Crippen LogP contribution >= 0.6 is 11.3 Å². The van der Waals surface area contributed by atoms with E-state index in [4.69, 9.17) is 0 Å². The molecule has 0 spiro atoms. The Balaban J connectivity index is 1.53. The largest absolute Gasteiger partial charge is 0.331 e. The van der Waals surface area contributed by atoms with Crippen LogP contribution in [0.2, 0.25) is 0 Å². The summed E-state index contributed by atoms with van der Waals surface area (Å²) in [4.78, 5) is 23.2. The fourth-order valence-electron chi connectivity index (χ4n) is 3.14. The van der Waals surface area contributed by atoms with Crippen molar-refractivity contribution in [2.45, 2.75) is 33.4 Å². The number of rotatable bonds is 5. The summed E-state index contributed by atoms with van der Waals surface area (Å²) in [6, 6.07) is 5.94.